The number of rotatable bonds is 5. The van der Waals surface area contributed by atoms with E-state index in [-0.39, 0.29) is 31.7 Å². The Morgan fingerprint density at radius 1 is 1.50 bits per heavy atom. The highest BCUT2D eigenvalue weighted by Crippen LogP contribution is 2.04. The Hall–Kier alpha value is -1.38. The number of hydrogen-bond acceptors (Lipinski definition) is 5. The van der Waals surface area contributed by atoms with E-state index in [2.05, 4.69) is 5.32 Å². The molecule has 1 heterocycles. The third-order valence-corrected chi connectivity index (χ3v) is 2.61. The van der Waals surface area contributed by atoms with Crippen LogP contribution in [0.25, 0.3) is 0 Å². The highest BCUT2D eigenvalue weighted by Gasteiger charge is 2.23. The molecule has 1 fully saturated rings. The number of aliphatic hydroxyl groups is 2. The standard InChI is InChI=1S/C10H18N2O6/c13-6-7-5-12(3-4-18-7)10(17)11-2-1-8(14)9(15)16/h7-8,13-14H,1-6H2,(H,11,17)(H,15,16). The van der Waals surface area contributed by atoms with E-state index in [1.807, 2.05) is 0 Å². The van der Waals surface area contributed by atoms with Crippen LogP contribution in [0.2, 0.25) is 0 Å². The highest BCUT2D eigenvalue weighted by molar-refractivity contribution is 5.74. The Balaban J connectivity index is 2.26. The van der Waals surface area contributed by atoms with Crippen LogP contribution in [0.1, 0.15) is 6.42 Å². The molecule has 8 nitrogen and oxygen atoms in total. The summed E-state index contributed by atoms with van der Waals surface area (Å²) in [6.45, 7) is 0.999. The van der Waals surface area contributed by atoms with Gasteiger partial charge in [0, 0.05) is 19.5 Å². The van der Waals surface area contributed by atoms with Gasteiger partial charge in [-0.15, -0.1) is 0 Å². The van der Waals surface area contributed by atoms with E-state index < -0.39 is 12.1 Å². The first kappa shape index (κ1) is 14.7. The molecule has 104 valence electrons. The van der Waals surface area contributed by atoms with Crippen LogP contribution in [-0.4, -0.2) is 77.3 Å². The van der Waals surface area contributed by atoms with Gasteiger partial charge < -0.3 is 30.3 Å². The molecule has 2 atom stereocenters. The molecule has 8 heteroatoms. The van der Waals surface area contributed by atoms with Crippen molar-refractivity contribution in [1.29, 1.82) is 0 Å². The van der Waals surface area contributed by atoms with Gasteiger partial charge in [-0.1, -0.05) is 0 Å². The Bertz CT molecular complexity index is 298. The quantitative estimate of drug-likeness (QED) is 0.465. The van der Waals surface area contributed by atoms with Gasteiger partial charge in [0.15, 0.2) is 6.10 Å². The minimum Gasteiger partial charge on any atom is -0.479 e. The van der Waals surface area contributed by atoms with Crippen LogP contribution < -0.4 is 5.32 Å². The van der Waals surface area contributed by atoms with Crippen molar-refractivity contribution in [2.75, 3.05) is 32.8 Å². The molecule has 0 aromatic rings. The largest absolute Gasteiger partial charge is 0.479 e. The first-order chi connectivity index (χ1) is 8.54. The molecular formula is C10H18N2O6. The van der Waals surface area contributed by atoms with E-state index in [9.17, 15) is 9.59 Å². The number of carbonyl (C=O) groups is 2. The zero-order valence-corrected chi connectivity index (χ0v) is 9.91. The molecule has 0 saturated carbocycles. The van der Waals surface area contributed by atoms with Gasteiger partial charge >= 0.3 is 12.0 Å². The Labute approximate surface area is 104 Å². The van der Waals surface area contributed by atoms with Crippen molar-refractivity contribution in [3.63, 3.8) is 0 Å². The maximum Gasteiger partial charge on any atom is 0.332 e. The maximum absolute atomic E-state index is 11.7. The van der Waals surface area contributed by atoms with Gasteiger partial charge in [-0.05, 0) is 0 Å². The molecule has 1 aliphatic rings. The van der Waals surface area contributed by atoms with Crippen LogP contribution in [-0.2, 0) is 9.53 Å². The number of urea groups is 1. The molecule has 0 radical (unpaired) electrons. The lowest BCUT2D eigenvalue weighted by Gasteiger charge is -2.32. The number of carboxylic acid groups (broad SMARTS) is 1. The van der Waals surface area contributed by atoms with Crippen molar-refractivity contribution < 1.29 is 29.6 Å². The number of aliphatic carboxylic acids is 1. The number of aliphatic hydroxyl groups excluding tert-OH is 2. The van der Waals surface area contributed by atoms with E-state index in [4.69, 9.17) is 20.1 Å². The minimum atomic E-state index is -1.47. The van der Waals surface area contributed by atoms with E-state index >= 15 is 0 Å². The normalized spacial score (nSPS) is 21.4. The van der Waals surface area contributed by atoms with Crippen LogP contribution in [0.15, 0.2) is 0 Å². The summed E-state index contributed by atoms with van der Waals surface area (Å²) in [6.07, 6.45) is -1.90. The van der Waals surface area contributed by atoms with Crippen LogP contribution in [0.5, 0.6) is 0 Å². The van der Waals surface area contributed by atoms with Crippen molar-refractivity contribution in [3.8, 4) is 0 Å². The summed E-state index contributed by atoms with van der Waals surface area (Å²) in [6, 6.07) is -0.352. The zero-order valence-electron chi connectivity index (χ0n) is 9.91. The van der Waals surface area contributed by atoms with Crippen molar-refractivity contribution in [2.24, 2.45) is 0 Å². The average molecular weight is 262 g/mol. The Morgan fingerprint density at radius 2 is 2.22 bits per heavy atom. The number of amides is 2. The predicted octanol–water partition coefficient (Wildman–Crippen LogP) is -1.78. The molecular weight excluding hydrogens is 244 g/mol. The third kappa shape index (κ3) is 4.47. The van der Waals surface area contributed by atoms with Gasteiger partial charge in [0.25, 0.3) is 0 Å². The smallest absolute Gasteiger partial charge is 0.332 e. The molecule has 18 heavy (non-hydrogen) atoms. The number of carboxylic acids is 1. The molecule has 4 N–H and O–H groups in total. The second kappa shape index (κ2) is 7.14. The summed E-state index contributed by atoms with van der Waals surface area (Å²) in [5.74, 6) is -1.31. The minimum absolute atomic E-state index is 0.0468. The second-order valence-electron chi connectivity index (χ2n) is 4.00. The molecule has 2 amide bonds. The highest BCUT2D eigenvalue weighted by atomic mass is 16.5. The number of nitrogens with one attached hydrogen (secondary N) is 1. The first-order valence-corrected chi connectivity index (χ1v) is 5.70. The van der Waals surface area contributed by atoms with Crippen molar-refractivity contribution in [3.05, 3.63) is 0 Å². The molecule has 1 aliphatic heterocycles. The first-order valence-electron chi connectivity index (χ1n) is 5.70. The number of ether oxygens (including phenoxy) is 1. The molecule has 0 spiro atoms. The van der Waals surface area contributed by atoms with E-state index in [0.29, 0.717) is 19.7 Å². The van der Waals surface area contributed by atoms with E-state index in [0.717, 1.165) is 0 Å². The number of hydrogen-bond donors (Lipinski definition) is 4. The summed E-state index contributed by atoms with van der Waals surface area (Å²) in [7, 11) is 0. The van der Waals surface area contributed by atoms with Crippen LogP contribution in [0, 0.1) is 0 Å². The van der Waals surface area contributed by atoms with E-state index in [1.165, 1.54) is 4.90 Å². The summed E-state index contributed by atoms with van der Waals surface area (Å²) in [4.78, 5) is 23.5. The van der Waals surface area contributed by atoms with E-state index in [1.54, 1.807) is 0 Å². The molecule has 0 aliphatic carbocycles. The van der Waals surface area contributed by atoms with Gasteiger partial charge in [0.2, 0.25) is 0 Å². The van der Waals surface area contributed by atoms with Crippen molar-refractivity contribution >= 4 is 12.0 Å². The topological polar surface area (TPSA) is 119 Å². The van der Waals surface area contributed by atoms with Crippen molar-refractivity contribution in [2.45, 2.75) is 18.6 Å². The molecule has 0 aromatic heterocycles. The molecule has 1 saturated heterocycles. The van der Waals surface area contributed by atoms with Gasteiger partial charge in [-0.25, -0.2) is 9.59 Å². The monoisotopic (exact) mass is 262 g/mol. The lowest BCUT2D eigenvalue weighted by Crippen LogP contribution is -2.50. The second-order valence-corrected chi connectivity index (χ2v) is 4.00. The van der Waals surface area contributed by atoms with Gasteiger partial charge in [0.05, 0.1) is 25.9 Å². The molecule has 2 unspecified atom stereocenters. The third-order valence-electron chi connectivity index (χ3n) is 2.61. The summed E-state index contributed by atoms with van der Waals surface area (Å²) < 4.78 is 5.19. The number of nitrogens with zero attached hydrogens (tertiary/aromatic N) is 1. The van der Waals surface area contributed by atoms with Gasteiger partial charge in [0.1, 0.15) is 0 Å². The summed E-state index contributed by atoms with van der Waals surface area (Å²) in [5, 5.41) is 28.9. The summed E-state index contributed by atoms with van der Waals surface area (Å²) in [5.41, 5.74) is 0. The molecule has 0 bridgehead atoms. The molecule has 1 rings (SSSR count). The Kier molecular flexibility index (Phi) is 5.83. The Morgan fingerprint density at radius 3 is 2.83 bits per heavy atom. The SMILES string of the molecule is O=C(O)C(O)CCNC(=O)N1CCOC(CO)C1. The lowest BCUT2D eigenvalue weighted by molar-refractivity contribution is -0.146. The zero-order chi connectivity index (χ0) is 13.5. The number of morpholine rings is 1. The van der Waals surface area contributed by atoms with Crippen molar-refractivity contribution in [1.82, 2.24) is 10.2 Å². The fourth-order valence-corrected chi connectivity index (χ4v) is 1.57. The number of carbonyl (C=O) groups excluding carboxylic acids is 1. The maximum atomic E-state index is 11.7. The fourth-order valence-electron chi connectivity index (χ4n) is 1.57. The predicted molar refractivity (Wildman–Crippen MR) is 60.1 cm³/mol. The van der Waals surface area contributed by atoms with Gasteiger partial charge in [-0.3, -0.25) is 0 Å². The summed E-state index contributed by atoms with van der Waals surface area (Å²) >= 11 is 0. The lowest BCUT2D eigenvalue weighted by atomic mass is 10.2. The average Bonchev–Trinajstić information content (AvgIpc) is 2.38. The van der Waals surface area contributed by atoms with Crippen LogP contribution in [0.3, 0.4) is 0 Å². The van der Waals surface area contributed by atoms with Crippen LogP contribution >= 0.6 is 0 Å². The van der Waals surface area contributed by atoms with Gasteiger partial charge in [-0.2, -0.15) is 0 Å². The fraction of sp³-hybridized carbons (Fsp3) is 0.800. The molecule has 0 aromatic carbocycles. The van der Waals surface area contributed by atoms with Crippen LogP contribution in [0.4, 0.5) is 4.79 Å².